The number of carbonyl (C=O) groups is 1. The van der Waals surface area contributed by atoms with Crippen LogP contribution in [0.15, 0.2) is 71.5 Å². The number of ether oxygens (including phenoxy) is 1. The minimum Gasteiger partial charge on any atom is -0.495 e. The molecule has 0 radical (unpaired) electrons. The molecule has 0 saturated carbocycles. The molecule has 4 aromatic rings. The fourth-order valence-electron chi connectivity index (χ4n) is 4.49. The Labute approximate surface area is 210 Å². The molecule has 5 rings (SSSR count). The summed E-state index contributed by atoms with van der Waals surface area (Å²) in [5.74, 6) is 1.15. The van der Waals surface area contributed by atoms with Crippen molar-refractivity contribution < 1.29 is 13.9 Å². The van der Waals surface area contributed by atoms with Crippen molar-refractivity contribution in [3.05, 3.63) is 78.2 Å². The first kappa shape index (κ1) is 23.6. The second kappa shape index (κ2) is 10.2. The van der Waals surface area contributed by atoms with E-state index in [2.05, 4.69) is 32.4 Å². The van der Waals surface area contributed by atoms with Gasteiger partial charge in [-0.1, -0.05) is 18.2 Å². The van der Waals surface area contributed by atoms with Crippen LogP contribution in [0.3, 0.4) is 0 Å². The van der Waals surface area contributed by atoms with E-state index in [0.717, 1.165) is 65.6 Å². The molecule has 36 heavy (non-hydrogen) atoms. The van der Waals surface area contributed by atoms with Crippen molar-refractivity contribution in [1.29, 1.82) is 0 Å². The van der Waals surface area contributed by atoms with Gasteiger partial charge in [-0.2, -0.15) is 0 Å². The average molecular weight is 484 g/mol. The molecule has 0 atom stereocenters. The van der Waals surface area contributed by atoms with Gasteiger partial charge < -0.3 is 24.3 Å². The Morgan fingerprint density at radius 2 is 1.72 bits per heavy atom. The van der Waals surface area contributed by atoms with Gasteiger partial charge in [0.05, 0.1) is 12.8 Å². The van der Waals surface area contributed by atoms with Gasteiger partial charge in [0.25, 0.3) is 5.91 Å². The number of nitrogens with one attached hydrogen (secondary N) is 1. The maximum absolute atomic E-state index is 13.0. The van der Waals surface area contributed by atoms with E-state index in [4.69, 9.17) is 9.15 Å². The zero-order valence-electron chi connectivity index (χ0n) is 20.7. The van der Waals surface area contributed by atoms with Crippen molar-refractivity contribution in [3.63, 3.8) is 0 Å². The second-order valence-corrected chi connectivity index (χ2v) is 8.98. The summed E-state index contributed by atoms with van der Waals surface area (Å²) in [4.78, 5) is 17.6. The Balaban J connectivity index is 1.31. The van der Waals surface area contributed by atoms with E-state index in [1.54, 1.807) is 7.11 Å². The Kier molecular flexibility index (Phi) is 6.69. The summed E-state index contributed by atoms with van der Waals surface area (Å²) >= 11 is 0. The number of hydrogen-bond donors (Lipinski definition) is 1. The number of amides is 1. The van der Waals surface area contributed by atoms with Crippen LogP contribution in [0.25, 0.3) is 22.6 Å². The fraction of sp³-hybridized carbons (Fsp3) is 0.250. The normalized spacial score (nSPS) is 14.0. The molecule has 2 heterocycles. The van der Waals surface area contributed by atoms with E-state index >= 15 is 0 Å². The van der Waals surface area contributed by atoms with Gasteiger partial charge in [0.1, 0.15) is 5.75 Å². The minimum atomic E-state index is -0.153. The molecule has 0 bridgehead atoms. The highest BCUT2D eigenvalue weighted by Gasteiger charge is 2.19. The molecule has 1 aliphatic rings. The summed E-state index contributed by atoms with van der Waals surface area (Å²) < 4.78 is 10.9. The van der Waals surface area contributed by atoms with Crippen LogP contribution in [-0.4, -0.2) is 61.3 Å². The zero-order valence-corrected chi connectivity index (χ0v) is 20.7. The molecule has 1 aliphatic heterocycles. The van der Waals surface area contributed by atoms with Crippen molar-refractivity contribution in [2.75, 3.05) is 50.6 Å². The van der Waals surface area contributed by atoms with E-state index in [1.165, 1.54) is 6.39 Å². The number of piperazine rings is 1. The summed E-state index contributed by atoms with van der Waals surface area (Å²) in [6.45, 7) is 5.86. The predicted octanol–water partition coefficient (Wildman–Crippen LogP) is 4.72. The van der Waals surface area contributed by atoms with Crippen molar-refractivity contribution in [3.8, 4) is 28.3 Å². The number of methoxy groups -OCH3 is 1. The second-order valence-electron chi connectivity index (χ2n) is 8.98. The van der Waals surface area contributed by atoms with Crippen LogP contribution >= 0.6 is 0 Å². The van der Waals surface area contributed by atoms with Crippen molar-refractivity contribution in [2.24, 2.45) is 0 Å². The fourth-order valence-corrected chi connectivity index (χ4v) is 4.49. The van der Waals surface area contributed by atoms with Crippen LogP contribution in [0.5, 0.6) is 5.75 Å². The molecule has 0 aliphatic carbocycles. The van der Waals surface area contributed by atoms with Gasteiger partial charge >= 0.3 is 0 Å². The Bertz CT molecular complexity index is 1340. The highest BCUT2D eigenvalue weighted by Crippen LogP contribution is 2.32. The molecule has 1 fully saturated rings. The first-order valence-electron chi connectivity index (χ1n) is 11.9. The number of rotatable bonds is 6. The third-order valence-corrected chi connectivity index (χ3v) is 6.57. The molecular weight excluding hydrogens is 454 g/mol. The van der Waals surface area contributed by atoms with Crippen molar-refractivity contribution in [2.45, 2.75) is 6.92 Å². The van der Waals surface area contributed by atoms with Gasteiger partial charge in [-0.15, -0.1) is 10.2 Å². The smallest absolute Gasteiger partial charge is 0.255 e. The summed E-state index contributed by atoms with van der Waals surface area (Å²) in [6, 6.07) is 19.4. The van der Waals surface area contributed by atoms with Gasteiger partial charge in [-0.3, -0.25) is 4.79 Å². The molecule has 1 aromatic heterocycles. The third-order valence-electron chi connectivity index (χ3n) is 6.57. The predicted molar refractivity (Wildman–Crippen MR) is 141 cm³/mol. The van der Waals surface area contributed by atoms with E-state index in [1.807, 2.05) is 67.6 Å². The molecule has 1 N–H and O–H groups in total. The monoisotopic (exact) mass is 483 g/mol. The first-order chi connectivity index (χ1) is 17.5. The van der Waals surface area contributed by atoms with Crippen LogP contribution in [0.4, 0.5) is 11.4 Å². The molecule has 8 nitrogen and oxygen atoms in total. The Hall–Kier alpha value is -4.17. The number of hydrogen-bond acceptors (Lipinski definition) is 7. The molecule has 0 unspecified atom stereocenters. The number of anilines is 2. The van der Waals surface area contributed by atoms with Gasteiger partial charge in [0.2, 0.25) is 12.3 Å². The maximum Gasteiger partial charge on any atom is 0.255 e. The van der Waals surface area contributed by atoms with E-state index in [-0.39, 0.29) is 5.91 Å². The summed E-state index contributed by atoms with van der Waals surface area (Å²) in [7, 11) is 3.80. The Morgan fingerprint density at radius 3 is 2.39 bits per heavy atom. The van der Waals surface area contributed by atoms with Crippen LogP contribution in [0, 0.1) is 6.92 Å². The molecule has 3 aromatic carbocycles. The van der Waals surface area contributed by atoms with E-state index < -0.39 is 0 Å². The van der Waals surface area contributed by atoms with Crippen molar-refractivity contribution in [1.82, 2.24) is 15.1 Å². The van der Waals surface area contributed by atoms with Gasteiger partial charge in [-0.25, -0.2) is 0 Å². The number of aromatic nitrogens is 2. The van der Waals surface area contributed by atoms with Crippen LogP contribution in [0.1, 0.15) is 15.9 Å². The molecule has 184 valence electrons. The minimum absolute atomic E-state index is 0.153. The van der Waals surface area contributed by atoms with Gasteiger partial charge in [0, 0.05) is 43.0 Å². The third kappa shape index (κ3) is 4.94. The number of nitrogens with zero attached hydrogens (tertiary/aromatic N) is 4. The molecule has 8 heteroatoms. The number of aryl methyl sites for hydroxylation is 1. The summed E-state index contributed by atoms with van der Waals surface area (Å²) in [5, 5.41) is 10.7. The quantitative estimate of drug-likeness (QED) is 0.425. The van der Waals surface area contributed by atoms with Gasteiger partial charge in [-0.05, 0) is 73.1 Å². The lowest BCUT2D eigenvalue weighted by atomic mass is 9.97. The molecule has 0 spiro atoms. The van der Waals surface area contributed by atoms with Crippen LogP contribution < -0.4 is 15.0 Å². The van der Waals surface area contributed by atoms with E-state index in [9.17, 15) is 4.79 Å². The highest BCUT2D eigenvalue weighted by atomic mass is 16.5. The number of carbonyl (C=O) groups excluding carboxylic acids is 1. The maximum atomic E-state index is 13.0. The highest BCUT2D eigenvalue weighted by molar-refractivity contribution is 6.04. The SMILES string of the molecule is COc1ccc(NC(=O)c2ccc(-c3ccc(-c4nnco4)cc3C)cc2)cc1N1CCN(C)CC1. The van der Waals surface area contributed by atoms with Crippen molar-refractivity contribution >= 4 is 17.3 Å². The largest absolute Gasteiger partial charge is 0.495 e. The lowest BCUT2D eigenvalue weighted by Gasteiger charge is -2.34. The van der Waals surface area contributed by atoms with Crippen LogP contribution in [-0.2, 0) is 0 Å². The lowest BCUT2D eigenvalue weighted by molar-refractivity contribution is 0.102. The zero-order chi connectivity index (χ0) is 25.1. The summed E-state index contributed by atoms with van der Waals surface area (Å²) in [6.07, 6.45) is 1.32. The first-order valence-corrected chi connectivity index (χ1v) is 11.9. The van der Waals surface area contributed by atoms with Gasteiger partial charge in [0.15, 0.2) is 0 Å². The lowest BCUT2D eigenvalue weighted by Crippen LogP contribution is -2.44. The Morgan fingerprint density at radius 1 is 0.972 bits per heavy atom. The summed E-state index contributed by atoms with van der Waals surface area (Å²) in [5.41, 5.74) is 6.40. The number of benzene rings is 3. The van der Waals surface area contributed by atoms with E-state index in [0.29, 0.717) is 11.5 Å². The standard InChI is InChI=1S/C28H29N5O3/c1-19-16-22(28-31-29-18-36-28)8-10-24(19)20-4-6-21(7-5-20)27(34)30-23-9-11-26(35-3)25(17-23)33-14-12-32(2)13-15-33/h4-11,16-18H,12-15H2,1-3H3,(H,30,34). The topological polar surface area (TPSA) is 83.7 Å². The number of likely N-dealkylation sites (N-methyl/N-ethyl adjacent to an activating group) is 1. The molecule has 1 saturated heterocycles. The molecular formula is C28H29N5O3. The average Bonchev–Trinajstić information content (AvgIpc) is 3.44. The molecule has 1 amide bonds. The van der Waals surface area contributed by atoms with Crippen LogP contribution in [0.2, 0.25) is 0 Å².